The molecule has 9 heteroatoms. The summed E-state index contributed by atoms with van der Waals surface area (Å²) >= 11 is 9.46. The van der Waals surface area contributed by atoms with Gasteiger partial charge in [-0.1, -0.05) is 29.0 Å². The number of anilines is 1. The predicted octanol–water partition coefficient (Wildman–Crippen LogP) is 5.24. The number of amides is 1. The number of aryl methyl sites for hydroxylation is 1. The van der Waals surface area contributed by atoms with Gasteiger partial charge in [-0.2, -0.15) is 0 Å². The van der Waals surface area contributed by atoms with E-state index in [9.17, 15) is 4.79 Å². The summed E-state index contributed by atoms with van der Waals surface area (Å²) in [5, 5.41) is 1.36. The average Bonchev–Trinajstić information content (AvgIpc) is 3.47. The second-order valence-corrected chi connectivity index (χ2v) is 10.1. The van der Waals surface area contributed by atoms with Crippen LogP contribution in [0.2, 0.25) is 5.02 Å². The molecule has 0 saturated carbocycles. The molecule has 5 rings (SSSR count). The van der Waals surface area contributed by atoms with Gasteiger partial charge in [-0.25, -0.2) is 9.97 Å². The standard InChI is InChI=1S/C23H23ClN4O2S2/c1-15-3-5-17(24)21-20(15)26-23(32-21)28(8-2-7-27-9-11-30-12-10-27)22(29)16-4-6-18-19(13-16)31-14-25-18/h3-6,13-14H,2,7-12H2,1H3. The van der Waals surface area contributed by atoms with Gasteiger partial charge < -0.3 is 4.74 Å². The number of ether oxygens (including phenoxy) is 1. The molecule has 0 N–H and O–H groups in total. The van der Waals surface area contributed by atoms with Crippen molar-refractivity contribution in [3.63, 3.8) is 0 Å². The first kappa shape index (κ1) is 21.7. The highest BCUT2D eigenvalue weighted by molar-refractivity contribution is 7.23. The summed E-state index contributed by atoms with van der Waals surface area (Å²) in [6, 6.07) is 9.55. The molecule has 1 fully saturated rings. The van der Waals surface area contributed by atoms with E-state index in [1.165, 1.54) is 22.7 Å². The topological polar surface area (TPSA) is 58.6 Å². The van der Waals surface area contributed by atoms with E-state index in [4.69, 9.17) is 21.3 Å². The fourth-order valence-corrected chi connectivity index (χ4v) is 5.97. The molecule has 3 heterocycles. The number of carbonyl (C=O) groups excluding carboxylic acids is 1. The molecule has 0 aliphatic carbocycles. The lowest BCUT2D eigenvalue weighted by molar-refractivity contribution is 0.0376. The van der Waals surface area contributed by atoms with Crippen molar-refractivity contribution in [3.8, 4) is 0 Å². The summed E-state index contributed by atoms with van der Waals surface area (Å²) in [6.07, 6.45) is 0.858. The molecule has 1 aliphatic heterocycles. The van der Waals surface area contributed by atoms with Crippen LogP contribution in [-0.2, 0) is 4.74 Å². The summed E-state index contributed by atoms with van der Waals surface area (Å²) in [7, 11) is 0. The molecule has 32 heavy (non-hydrogen) atoms. The molecular formula is C23H23ClN4O2S2. The Balaban J connectivity index is 1.45. The summed E-state index contributed by atoms with van der Waals surface area (Å²) in [5.74, 6) is -0.0462. The number of benzene rings is 2. The quantitative estimate of drug-likeness (QED) is 0.373. The number of rotatable bonds is 6. The number of morpholine rings is 1. The fourth-order valence-electron chi connectivity index (χ4n) is 3.91. The Morgan fingerprint density at radius 1 is 1.25 bits per heavy atom. The minimum Gasteiger partial charge on any atom is -0.379 e. The number of halogens is 1. The molecule has 0 bridgehead atoms. The van der Waals surface area contributed by atoms with Crippen LogP contribution in [0.15, 0.2) is 35.8 Å². The number of fused-ring (bicyclic) bond motifs is 2. The Hall–Kier alpha value is -2.10. The number of aromatic nitrogens is 2. The summed E-state index contributed by atoms with van der Waals surface area (Å²) in [6.45, 7) is 6.95. The second-order valence-electron chi connectivity index (χ2n) is 7.84. The number of thiazole rings is 2. The van der Waals surface area contributed by atoms with Gasteiger partial charge in [0.25, 0.3) is 5.91 Å². The summed E-state index contributed by atoms with van der Waals surface area (Å²) in [4.78, 5) is 27.0. The third-order valence-electron chi connectivity index (χ3n) is 5.70. The maximum Gasteiger partial charge on any atom is 0.260 e. The van der Waals surface area contributed by atoms with Gasteiger partial charge in [0.05, 0.1) is 44.2 Å². The highest BCUT2D eigenvalue weighted by atomic mass is 35.5. The van der Waals surface area contributed by atoms with Gasteiger partial charge in [-0.05, 0) is 43.2 Å². The van der Waals surface area contributed by atoms with E-state index in [-0.39, 0.29) is 5.91 Å². The average molecular weight is 487 g/mol. The van der Waals surface area contributed by atoms with Crippen LogP contribution < -0.4 is 4.90 Å². The zero-order valence-electron chi connectivity index (χ0n) is 17.7. The van der Waals surface area contributed by atoms with Gasteiger partial charge in [0, 0.05) is 31.7 Å². The summed E-state index contributed by atoms with van der Waals surface area (Å²) in [5.41, 5.74) is 5.28. The summed E-state index contributed by atoms with van der Waals surface area (Å²) < 4.78 is 7.37. The van der Waals surface area contributed by atoms with E-state index in [1.54, 1.807) is 5.51 Å². The molecule has 1 amide bonds. The molecule has 0 spiro atoms. The zero-order chi connectivity index (χ0) is 22.1. The van der Waals surface area contributed by atoms with Crippen LogP contribution in [0.4, 0.5) is 5.13 Å². The Morgan fingerprint density at radius 3 is 2.91 bits per heavy atom. The Morgan fingerprint density at radius 2 is 2.09 bits per heavy atom. The van der Waals surface area contributed by atoms with Crippen LogP contribution in [0, 0.1) is 6.92 Å². The molecular weight excluding hydrogens is 464 g/mol. The normalized spacial score (nSPS) is 14.9. The number of carbonyl (C=O) groups is 1. The van der Waals surface area contributed by atoms with Crippen LogP contribution in [0.3, 0.4) is 0 Å². The van der Waals surface area contributed by atoms with Crippen LogP contribution in [0.25, 0.3) is 20.4 Å². The van der Waals surface area contributed by atoms with E-state index in [2.05, 4.69) is 9.88 Å². The molecule has 6 nitrogen and oxygen atoms in total. The van der Waals surface area contributed by atoms with E-state index < -0.39 is 0 Å². The van der Waals surface area contributed by atoms with Crippen LogP contribution in [0.1, 0.15) is 22.3 Å². The first-order chi connectivity index (χ1) is 15.6. The highest BCUT2D eigenvalue weighted by Gasteiger charge is 2.23. The minimum absolute atomic E-state index is 0.0462. The van der Waals surface area contributed by atoms with Crippen molar-refractivity contribution in [2.45, 2.75) is 13.3 Å². The third kappa shape index (κ3) is 4.38. The lowest BCUT2D eigenvalue weighted by Gasteiger charge is -2.27. The maximum atomic E-state index is 13.6. The van der Waals surface area contributed by atoms with Crippen molar-refractivity contribution < 1.29 is 9.53 Å². The molecule has 0 unspecified atom stereocenters. The van der Waals surface area contributed by atoms with Crippen LogP contribution in [0.5, 0.6) is 0 Å². The van der Waals surface area contributed by atoms with Crippen molar-refractivity contribution in [3.05, 3.63) is 52.0 Å². The molecule has 1 saturated heterocycles. The maximum absolute atomic E-state index is 13.6. The van der Waals surface area contributed by atoms with Crippen LogP contribution in [-0.4, -0.2) is 60.2 Å². The van der Waals surface area contributed by atoms with Gasteiger partial charge in [-0.3, -0.25) is 14.6 Å². The van der Waals surface area contributed by atoms with Gasteiger partial charge in [0.1, 0.15) is 0 Å². The van der Waals surface area contributed by atoms with E-state index in [0.29, 0.717) is 22.3 Å². The first-order valence-corrected chi connectivity index (χ1v) is 12.7. The minimum atomic E-state index is -0.0462. The van der Waals surface area contributed by atoms with Crippen molar-refractivity contribution in [2.75, 3.05) is 44.3 Å². The van der Waals surface area contributed by atoms with Crippen molar-refractivity contribution in [1.29, 1.82) is 0 Å². The number of hydrogen-bond acceptors (Lipinski definition) is 7. The van der Waals surface area contributed by atoms with Gasteiger partial charge in [-0.15, -0.1) is 11.3 Å². The van der Waals surface area contributed by atoms with E-state index in [0.717, 1.165) is 65.3 Å². The Bertz CT molecular complexity index is 1230. The smallest absolute Gasteiger partial charge is 0.260 e. The monoisotopic (exact) mass is 486 g/mol. The molecule has 2 aromatic heterocycles. The molecule has 0 atom stereocenters. The fraction of sp³-hybridized carbons (Fsp3) is 0.348. The largest absolute Gasteiger partial charge is 0.379 e. The third-order valence-corrected chi connectivity index (χ3v) is 8.03. The lowest BCUT2D eigenvalue weighted by atomic mass is 10.2. The number of nitrogens with zero attached hydrogens (tertiary/aromatic N) is 4. The van der Waals surface area contributed by atoms with Gasteiger partial charge >= 0.3 is 0 Å². The SMILES string of the molecule is Cc1ccc(Cl)c2sc(N(CCCN3CCOCC3)C(=O)c3ccc4ncsc4c3)nc12. The first-order valence-electron chi connectivity index (χ1n) is 10.6. The lowest BCUT2D eigenvalue weighted by Crippen LogP contribution is -2.39. The number of hydrogen-bond donors (Lipinski definition) is 0. The van der Waals surface area contributed by atoms with Crippen LogP contribution >= 0.6 is 34.3 Å². The second kappa shape index (κ2) is 9.41. The van der Waals surface area contributed by atoms with E-state index in [1.807, 2.05) is 42.2 Å². The Labute approximate surface area is 199 Å². The van der Waals surface area contributed by atoms with Crippen molar-refractivity contribution in [1.82, 2.24) is 14.9 Å². The molecule has 4 aromatic rings. The van der Waals surface area contributed by atoms with Gasteiger partial charge in [0.15, 0.2) is 5.13 Å². The highest BCUT2D eigenvalue weighted by Crippen LogP contribution is 2.36. The molecule has 0 radical (unpaired) electrons. The Kier molecular flexibility index (Phi) is 6.39. The molecule has 1 aliphatic rings. The van der Waals surface area contributed by atoms with Crippen molar-refractivity contribution in [2.24, 2.45) is 0 Å². The van der Waals surface area contributed by atoms with Crippen molar-refractivity contribution >= 4 is 65.7 Å². The molecule has 166 valence electrons. The zero-order valence-corrected chi connectivity index (χ0v) is 20.1. The van der Waals surface area contributed by atoms with E-state index >= 15 is 0 Å². The molecule has 2 aromatic carbocycles. The van der Waals surface area contributed by atoms with Gasteiger partial charge in [0.2, 0.25) is 0 Å². The predicted molar refractivity (Wildman–Crippen MR) is 133 cm³/mol.